The van der Waals surface area contributed by atoms with Crippen LogP contribution < -0.4 is 14.4 Å². The maximum atomic E-state index is 9.93. The number of likely N-dealkylation sites (N-methyl/N-ethyl adjacent to an activating group) is 1. The van der Waals surface area contributed by atoms with Crippen molar-refractivity contribution >= 4 is 39.9 Å². The van der Waals surface area contributed by atoms with E-state index in [1.165, 1.54) is 0 Å². The van der Waals surface area contributed by atoms with Crippen LogP contribution in [0.15, 0.2) is 36.7 Å². The monoisotopic (exact) mass is 635 g/mol. The molecule has 0 amide bonds. The first kappa shape index (κ1) is 30.4. The predicted molar refractivity (Wildman–Crippen MR) is 171 cm³/mol. The topological polar surface area (TPSA) is 102 Å². The van der Waals surface area contributed by atoms with Crippen LogP contribution in [0.5, 0.6) is 11.5 Å². The summed E-state index contributed by atoms with van der Waals surface area (Å²) in [5, 5.41) is 16.7. The molecule has 2 saturated heterocycles. The van der Waals surface area contributed by atoms with E-state index in [0.29, 0.717) is 56.5 Å². The normalized spacial score (nSPS) is 18.6. The predicted octanol–water partition coefficient (Wildman–Crippen LogP) is 6.66. The van der Waals surface area contributed by atoms with E-state index in [4.69, 9.17) is 47.5 Å². The van der Waals surface area contributed by atoms with E-state index >= 15 is 0 Å². The fraction of sp³-hybridized carbons (Fsp3) is 0.438. The van der Waals surface area contributed by atoms with Gasteiger partial charge >= 0.3 is 0 Å². The number of nitriles is 1. The van der Waals surface area contributed by atoms with Crippen LogP contribution in [-0.2, 0) is 4.74 Å². The summed E-state index contributed by atoms with van der Waals surface area (Å²) >= 11 is 12.9. The molecular weight excluding hydrogens is 601 g/mol. The van der Waals surface area contributed by atoms with E-state index in [1.54, 1.807) is 19.5 Å². The second-order valence-electron chi connectivity index (χ2n) is 11.8. The van der Waals surface area contributed by atoms with Crippen molar-refractivity contribution in [1.82, 2.24) is 24.6 Å². The summed E-state index contributed by atoms with van der Waals surface area (Å²) in [6, 6.07) is 9.83. The molecule has 0 aliphatic carbocycles. The third kappa shape index (κ3) is 5.43. The lowest BCUT2D eigenvalue weighted by Gasteiger charge is -2.52. The van der Waals surface area contributed by atoms with Crippen LogP contribution in [0.25, 0.3) is 22.3 Å². The van der Waals surface area contributed by atoms with Gasteiger partial charge in [-0.15, -0.1) is 0 Å². The number of methoxy groups -OCH3 is 1. The zero-order valence-corrected chi connectivity index (χ0v) is 27.0. The average Bonchev–Trinajstić information content (AvgIpc) is 3.37. The van der Waals surface area contributed by atoms with Crippen LogP contribution in [0.4, 0.5) is 5.82 Å². The molecule has 0 N–H and O–H groups in total. The third-order valence-corrected chi connectivity index (χ3v) is 9.30. The Morgan fingerprint density at radius 2 is 1.89 bits per heavy atom. The molecule has 2 aliphatic heterocycles. The lowest BCUT2D eigenvalue weighted by atomic mass is 9.90. The van der Waals surface area contributed by atoms with Gasteiger partial charge in [-0.05, 0) is 65.4 Å². The number of anilines is 1. The minimum atomic E-state index is -0.499. The van der Waals surface area contributed by atoms with Gasteiger partial charge in [-0.25, -0.2) is 9.67 Å². The Morgan fingerprint density at radius 3 is 2.52 bits per heavy atom. The lowest BCUT2D eigenvalue weighted by Crippen LogP contribution is -2.67. The standard InChI is InChI=1S/C32H35Cl2N7O3/c1-19(29-22(33)15-36-16-23(29)34)44-27-12-21-25(13-26(27)42-5)41(28-8-6-7-11-43-28)38-30(21)24-10-9-20(14-35)31(37-24)40-17-32(2,18-40)39(3)4/h9-10,12-13,15-16,19,28H,6-8,11,17-18H2,1-5H3/t19-,28?/m1/s1. The van der Waals surface area contributed by atoms with Crippen molar-refractivity contribution in [2.45, 2.75) is 51.0 Å². The highest BCUT2D eigenvalue weighted by Crippen LogP contribution is 2.42. The Kier molecular flexibility index (Phi) is 8.33. The van der Waals surface area contributed by atoms with Crippen LogP contribution in [0, 0.1) is 11.3 Å². The largest absolute Gasteiger partial charge is 0.493 e. The van der Waals surface area contributed by atoms with Gasteiger partial charge in [0.05, 0.1) is 39.5 Å². The Hall–Kier alpha value is -3.62. The molecule has 1 unspecified atom stereocenters. The molecule has 44 heavy (non-hydrogen) atoms. The van der Waals surface area contributed by atoms with E-state index < -0.39 is 6.10 Å². The van der Waals surface area contributed by atoms with Gasteiger partial charge in [0.15, 0.2) is 17.7 Å². The highest BCUT2D eigenvalue weighted by molar-refractivity contribution is 6.35. The molecule has 10 nitrogen and oxygen atoms in total. The summed E-state index contributed by atoms with van der Waals surface area (Å²) in [7, 11) is 5.75. The number of benzene rings is 1. The first-order chi connectivity index (χ1) is 21.1. The highest BCUT2D eigenvalue weighted by atomic mass is 35.5. The van der Waals surface area contributed by atoms with Crippen LogP contribution in [-0.4, -0.2) is 71.1 Å². The zero-order valence-electron chi connectivity index (χ0n) is 25.5. The minimum Gasteiger partial charge on any atom is -0.493 e. The number of rotatable bonds is 8. The maximum Gasteiger partial charge on any atom is 0.162 e. The third-order valence-electron chi connectivity index (χ3n) is 8.70. The molecule has 0 bridgehead atoms. The van der Waals surface area contributed by atoms with Crippen molar-refractivity contribution in [1.29, 1.82) is 5.26 Å². The summed E-state index contributed by atoms with van der Waals surface area (Å²) in [6.45, 7) is 6.29. The van der Waals surface area contributed by atoms with Crippen LogP contribution in [0.3, 0.4) is 0 Å². The van der Waals surface area contributed by atoms with E-state index in [0.717, 1.165) is 43.3 Å². The number of halogens is 2. The van der Waals surface area contributed by atoms with E-state index in [9.17, 15) is 5.26 Å². The van der Waals surface area contributed by atoms with Gasteiger partial charge in [-0.1, -0.05) is 23.2 Å². The first-order valence-electron chi connectivity index (χ1n) is 14.6. The van der Waals surface area contributed by atoms with Crippen molar-refractivity contribution in [2.75, 3.05) is 45.8 Å². The van der Waals surface area contributed by atoms with Gasteiger partial charge in [0.1, 0.15) is 23.7 Å². The molecule has 4 aromatic rings. The van der Waals surface area contributed by atoms with Gasteiger partial charge in [-0.2, -0.15) is 10.4 Å². The van der Waals surface area contributed by atoms with Gasteiger partial charge < -0.3 is 24.0 Å². The molecule has 0 spiro atoms. The highest BCUT2D eigenvalue weighted by Gasteiger charge is 2.42. The molecular formula is C32H35Cl2N7O3. The summed E-state index contributed by atoms with van der Waals surface area (Å²) in [5.74, 6) is 1.69. The summed E-state index contributed by atoms with van der Waals surface area (Å²) in [5.41, 5.74) is 3.32. The van der Waals surface area contributed by atoms with Crippen LogP contribution in [0.1, 0.15) is 56.6 Å². The zero-order chi connectivity index (χ0) is 31.2. The second-order valence-corrected chi connectivity index (χ2v) is 12.7. The molecule has 230 valence electrons. The lowest BCUT2D eigenvalue weighted by molar-refractivity contribution is -0.0365. The molecule has 2 atom stereocenters. The number of nitrogens with zero attached hydrogens (tertiary/aromatic N) is 7. The fourth-order valence-corrected chi connectivity index (χ4v) is 6.57. The number of pyridine rings is 2. The summed E-state index contributed by atoms with van der Waals surface area (Å²) in [4.78, 5) is 13.4. The van der Waals surface area contributed by atoms with Crippen molar-refractivity contribution < 1.29 is 14.2 Å². The fourth-order valence-electron chi connectivity index (χ4n) is 5.90. The molecule has 2 aliphatic rings. The van der Waals surface area contributed by atoms with Gasteiger partial charge in [-0.3, -0.25) is 4.98 Å². The first-order valence-corrected chi connectivity index (χ1v) is 15.4. The van der Waals surface area contributed by atoms with Gasteiger partial charge in [0.2, 0.25) is 0 Å². The van der Waals surface area contributed by atoms with Crippen molar-refractivity contribution in [2.24, 2.45) is 0 Å². The Morgan fingerprint density at radius 1 is 1.14 bits per heavy atom. The van der Waals surface area contributed by atoms with E-state index in [2.05, 4.69) is 41.9 Å². The van der Waals surface area contributed by atoms with Gasteiger partial charge in [0.25, 0.3) is 0 Å². The molecule has 0 radical (unpaired) electrons. The molecule has 0 saturated carbocycles. The van der Waals surface area contributed by atoms with Crippen LogP contribution >= 0.6 is 23.2 Å². The SMILES string of the molecule is COc1cc2c(cc1O[C@H](C)c1c(Cl)cncc1Cl)c(-c1ccc(C#N)c(N3CC(C)(N(C)C)C3)n1)nn2C1CCCCO1. The number of ether oxygens (including phenoxy) is 3. The molecule has 6 rings (SSSR count). The minimum absolute atomic E-state index is 0.0110. The summed E-state index contributed by atoms with van der Waals surface area (Å²) in [6.07, 6.45) is 5.27. The molecule has 5 heterocycles. The van der Waals surface area contributed by atoms with Crippen LogP contribution in [0.2, 0.25) is 10.0 Å². The average molecular weight is 637 g/mol. The van der Waals surface area contributed by atoms with Crippen molar-refractivity contribution in [3.8, 4) is 29.0 Å². The Balaban J connectivity index is 1.47. The number of hydrogen-bond acceptors (Lipinski definition) is 9. The molecule has 2 fully saturated rings. The number of hydrogen-bond donors (Lipinski definition) is 0. The molecule has 3 aromatic heterocycles. The Labute approximate surface area is 267 Å². The van der Waals surface area contributed by atoms with Crippen molar-refractivity contribution in [3.63, 3.8) is 0 Å². The number of fused-ring (bicyclic) bond motifs is 1. The molecule has 12 heteroatoms. The Bertz CT molecular complexity index is 1720. The quantitative estimate of drug-likeness (QED) is 0.210. The van der Waals surface area contributed by atoms with E-state index in [1.807, 2.05) is 35.9 Å². The van der Waals surface area contributed by atoms with Crippen molar-refractivity contribution in [3.05, 3.63) is 57.8 Å². The smallest absolute Gasteiger partial charge is 0.162 e. The molecule has 1 aromatic carbocycles. The number of aromatic nitrogens is 4. The van der Waals surface area contributed by atoms with Gasteiger partial charge in [0, 0.05) is 49.1 Å². The van der Waals surface area contributed by atoms with E-state index in [-0.39, 0.29) is 11.8 Å². The maximum absolute atomic E-state index is 9.93. The summed E-state index contributed by atoms with van der Waals surface area (Å²) < 4.78 is 20.3. The second kappa shape index (κ2) is 12.1.